The first-order valence-corrected chi connectivity index (χ1v) is 4.14. The van der Waals surface area contributed by atoms with Gasteiger partial charge in [0.15, 0.2) is 5.78 Å². The molecule has 1 fully saturated rings. The molecule has 0 spiro atoms. The predicted octanol–water partition coefficient (Wildman–Crippen LogP) is -1.82. The number of hydrogen-bond donors (Lipinski definition) is 4. The maximum Gasteiger partial charge on any atom is 0.161 e. The molecular weight excluding hydrogens is 176 g/mol. The summed E-state index contributed by atoms with van der Waals surface area (Å²) in [6, 6.07) is 0. The number of ketones is 1. The number of aliphatic hydroxyl groups excluding tert-OH is 3. The number of hydrogen-bond acceptors (Lipinski definition) is 5. The Morgan fingerprint density at radius 3 is 1.92 bits per heavy atom. The first-order valence-electron chi connectivity index (χ1n) is 4.14. The van der Waals surface area contributed by atoms with Gasteiger partial charge >= 0.3 is 0 Å². The van der Waals surface area contributed by atoms with Crippen LogP contribution < -0.4 is 0 Å². The summed E-state index contributed by atoms with van der Waals surface area (Å²) < 4.78 is 0. The summed E-state index contributed by atoms with van der Waals surface area (Å²) in [6.45, 7) is 1.19. The Labute approximate surface area is 75.6 Å². The third-order valence-electron chi connectivity index (χ3n) is 2.54. The van der Waals surface area contributed by atoms with Crippen molar-refractivity contribution >= 4 is 5.78 Å². The third kappa shape index (κ3) is 1.88. The van der Waals surface area contributed by atoms with Crippen LogP contribution in [0.5, 0.6) is 0 Å². The molecule has 0 amide bonds. The van der Waals surface area contributed by atoms with Gasteiger partial charge in [-0.15, -0.1) is 0 Å². The number of Topliss-reactive ketones (excluding diaryl/α,β-unsaturated/α-hetero) is 1. The predicted molar refractivity (Wildman–Crippen MR) is 42.9 cm³/mol. The van der Waals surface area contributed by atoms with Crippen LogP contribution in [0, 0.1) is 0 Å². The van der Waals surface area contributed by atoms with E-state index in [-0.39, 0.29) is 12.8 Å². The Balaban J connectivity index is 2.79. The fourth-order valence-electron chi connectivity index (χ4n) is 1.56. The summed E-state index contributed by atoms with van der Waals surface area (Å²) in [7, 11) is 0. The Kier molecular flexibility index (Phi) is 2.72. The van der Waals surface area contributed by atoms with Gasteiger partial charge in [0.25, 0.3) is 0 Å². The molecule has 0 aromatic heterocycles. The van der Waals surface area contributed by atoms with Crippen molar-refractivity contribution in [2.45, 2.75) is 43.7 Å². The van der Waals surface area contributed by atoms with E-state index in [9.17, 15) is 20.1 Å². The van der Waals surface area contributed by atoms with E-state index in [4.69, 9.17) is 5.11 Å². The van der Waals surface area contributed by atoms with Crippen molar-refractivity contribution in [2.75, 3.05) is 0 Å². The lowest BCUT2D eigenvalue weighted by Gasteiger charge is -2.38. The van der Waals surface area contributed by atoms with Crippen LogP contribution >= 0.6 is 0 Å². The average molecular weight is 190 g/mol. The second-order valence-corrected chi connectivity index (χ2v) is 3.62. The lowest BCUT2D eigenvalue weighted by Crippen LogP contribution is -2.55. The van der Waals surface area contributed by atoms with E-state index in [1.807, 2.05) is 0 Å². The van der Waals surface area contributed by atoms with E-state index < -0.39 is 29.7 Å². The van der Waals surface area contributed by atoms with Gasteiger partial charge in [-0.05, 0) is 6.92 Å². The third-order valence-corrected chi connectivity index (χ3v) is 2.54. The minimum absolute atomic E-state index is 0.222. The second kappa shape index (κ2) is 3.34. The minimum atomic E-state index is -1.70. The highest BCUT2D eigenvalue weighted by molar-refractivity contribution is 5.84. The largest absolute Gasteiger partial charge is 0.390 e. The fourth-order valence-corrected chi connectivity index (χ4v) is 1.56. The van der Waals surface area contributed by atoms with E-state index in [0.29, 0.717) is 0 Å². The van der Waals surface area contributed by atoms with Gasteiger partial charge in [0.2, 0.25) is 0 Å². The molecule has 4 atom stereocenters. The van der Waals surface area contributed by atoms with Gasteiger partial charge in [-0.25, -0.2) is 0 Å². The molecule has 0 saturated heterocycles. The van der Waals surface area contributed by atoms with E-state index in [1.165, 1.54) is 6.92 Å². The zero-order chi connectivity index (χ0) is 10.2. The lowest BCUT2D eigenvalue weighted by molar-refractivity contribution is -0.169. The van der Waals surface area contributed by atoms with Crippen molar-refractivity contribution in [1.82, 2.24) is 0 Å². The van der Waals surface area contributed by atoms with Gasteiger partial charge in [-0.2, -0.15) is 0 Å². The maximum absolute atomic E-state index is 11.0. The Hall–Kier alpha value is -0.490. The Morgan fingerprint density at radius 1 is 1.23 bits per heavy atom. The normalized spacial score (nSPS) is 46.1. The van der Waals surface area contributed by atoms with Crippen molar-refractivity contribution in [3.63, 3.8) is 0 Å². The van der Waals surface area contributed by atoms with Crippen LogP contribution in [-0.4, -0.2) is 50.1 Å². The van der Waals surface area contributed by atoms with Crippen LogP contribution in [0.3, 0.4) is 0 Å². The monoisotopic (exact) mass is 190 g/mol. The minimum Gasteiger partial charge on any atom is -0.390 e. The quantitative estimate of drug-likeness (QED) is 0.390. The van der Waals surface area contributed by atoms with Crippen molar-refractivity contribution in [3.8, 4) is 0 Å². The van der Waals surface area contributed by atoms with Crippen LogP contribution in [-0.2, 0) is 4.79 Å². The number of rotatable bonds is 1. The molecule has 0 radical (unpaired) electrons. The molecule has 1 unspecified atom stereocenters. The summed E-state index contributed by atoms with van der Waals surface area (Å²) in [5, 5.41) is 37.2. The summed E-state index contributed by atoms with van der Waals surface area (Å²) in [6.07, 6.45) is -4.23. The van der Waals surface area contributed by atoms with Gasteiger partial charge in [-0.3, -0.25) is 4.79 Å². The van der Waals surface area contributed by atoms with Gasteiger partial charge in [0.1, 0.15) is 11.7 Å². The van der Waals surface area contributed by atoms with Gasteiger partial charge < -0.3 is 20.4 Å². The van der Waals surface area contributed by atoms with Crippen LogP contribution in [0.1, 0.15) is 19.8 Å². The summed E-state index contributed by atoms with van der Waals surface area (Å²) in [5.74, 6) is -0.502. The molecule has 0 heterocycles. The summed E-state index contributed by atoms with van der Waals surface area (Å²) >= 11 is 0. The van der Waals surface area contributed by atoms with E-state index in [0.717, 1.165) is 0 Å². The van der Waals surface area contributed by atoms with Crippen molar-refractivity contribution in [2.24, 2.45) is 0 Å². The average Bonchev–Trinajstić information content (AvgIpc) is 2.00. The molecule has 1 aliphatic rings. The highest BCUT2D eigenvalue weighted by Gasteiger charge is 2.46. The summed E-state index contributed by atoms with van der Waals surface area (Å²) in [4.78, 5) is 11.0. The molecule has 0 bridgehead atoms. The first kappa shape index (κ1) is 10.6. The zero-order valence-corrected chi connectivity index (χ0v) is 7.34. The van der Waals surface area contributed by atoms with E-state index in [2.05, 4.69) is 0 Å². The zero-order valence-electron chi connectivity index (χ0n) is 7.34. The molecular formula is C8H14O5. The second-order valence-electron chi connectivity index (χ2n) is 3.62. The molecule has 4 N–H and O–H groups in total. The number of carbonyl (C=O) groups is 1. The molecule has 0 aromatic carbocycles. The smallest absolute Gasteiger partial charge is 0.161 e. The van der Waals surface area contributed by atoms with E-state index >= 15 is 0 Å². The molecule has 1 rings (SSSR count). The highest BCUT2D eigenvalue weighted by atomic mass is 16.4. The standard InChI is InChI=1S/C8H14O5/c1-4(9)8(13)2-5(10)7(12)6(11)3-8/h5-7,10-13H,2-3H2,1H3/t5-,6?,7-,8+/m1/s1. The molecule has 5 heteroatoms. The van der Waals surface area contributed by atoms with E-state index in [1.54, 1.807) is 0 Å². The highest BCUT2D eigenvalue weighted by Crippen LogP contribution is 2.29. The molecule has 76 valence electrons. The van der Waals surface area contributed by atoms with Gasteiger partial charge in [-0.1, -0.05) is 0 Å². The summed E-state index contributed by atoms with van der Waals surface area (Å²) in [5.41, 5.74) is -1.70. The Bertz CT molecular complexity index is 203. The van der Waals surface area contributed by atoms with Crippen LogP contribution in [0.2, 0.25) is 0 Å². The van der Waals surface area contributed by atoms with Crippen molar-refractivity contribution in [3.05, 3.63) is 0 Å². The topological polar surface area (TPSA) is 98.0 Å². The maximum atomic E-state index is 11.0. The first-order chi connectivity index (χ1) is 5.87. The van der Waals surface area contributed by atoms with Crippen LogP contribution in [0.15, 0.2) is 0 Å². The van der Waals surface area contributed by atoms with Crippen molar-refractivity contribution in [1.29, 1.82) is 0 Å². The number of carbonyl (C=O) groups excluding carboxylic acids is 1. The molecule has 0 aliphatic heterocycles. The number of aliphatic hydroxyl groups is 4. The van der Waals surface area contributed by atoms with Crippen LogP contribution in [0.25, 0.3) is 0 Å². The molecule has 0 aromatic rings. The van der Waals surface area contributed by atoms with Crippen LogP contribution in [0.4, 0.5) is 0 Å². The lowest BCUT2D eigenvalue weighted by atomic mass is 9.77. The Morgan fingerprint density at radius 2 is 1.62 bits per heavy atom. The molecule has 5 nitrogen and oxygen atoms in total. The molecule has 1 saturated carbocycles. The SMILES string of the molecule is CC(=O)[C@@]1(O)CC(O)[C@H](O)[C@H](O)C1. The van der Waals surface area contributed by atoms with Gasteiger partial charge in [0, 0.05) is 12.8 Å². The molecule has 1 aliphatic carbocycles. The fraction of sp³-hybridized carbons (Fsp3) is 0.875. The van der Waals surface area contributed by atoms with Crippen molar-refractivity contribution < 1.29 is 25.2 Å². The van der Waals surface area contributed by atoms with Gasteiger partial charge in [0.05, 0.1) is 12.2 Å². The molecule has 13 heavy (non-hydrogen) atoms.